The highest BCUT2D eigenvalue weighted by molar-refractivity contribution is 7.89. The van der Waals surface area contributed by atoms with Gasteiger partial charge in [-0.25, -0.2) is 13.2 Å². The van der Waals surface area contributed by atoms with E-state index in [-0.39, 0.29) is 16.4 Å². The Morgan fingerprint density at radius 2 is 2.00 bits per heavy atom. The zero-order chi connectivity index (χ0) is 18.8. The Morgan fingerprint density at radius 1 is 1.32 bits per heavy atom. The molecule has 0 radical (unpaired) electrons. The smallest absolute Gasteiger partial charge is 0.349 e. The summed E-state index contributed by atoms with van der Waals surface area (Å²) in [7, 11) is -1.73. The van der Waals surface area contributed by atoms with E-state index in [1.807, 2.05) is 0 Å². The molecule has 7 nitrogen and oxygen atoms in total. The van der Waals surface area contributed by atoms with Gasteiger partial charge in [-0.3, -0.25) is 4.79 Å². The van der Waals surface area contributed by atoms with Crippen LogP contribution in [0.4, 0.5) is 0 Å². The standard InChI is InChI=1S/C15H16ClNO6S2/c1-4-23-12(18)8-17(2)25(20,21)14-10-6-5-9(16)7-11(10)24-13(14)15(19)22-3/h5-7H,4,8H2,1-3H3. The number of fused-ring (bicyclic) bond motifs is 1. The van der Waals surface area contributed by atoms with Gasteiger partial charge in [-0.05, 0) is 19.1 Å². The number of halogens is 1. The SMILES string of the molecule is CCOC(=O)CN(C)S(=O)(=O)c1c(C(=O)OC)sc2cc(Cl)ccc12. The number of carbonyl (C=O) groups is 2. The van der Waals surface area contributed by atoms with Crippen LogP contribution in [0.15, 0.2) is 23.1 Å². The van der Waals surface area contributed by atoms with Crippen molar-refractivity contribution in [2.45, 2.75) is 11.8 Å². The van der Waals surface area contributed by atoms with E-state index in [2.05, 4.69) is 0 Å². The van der Waals surface area contributed by atoms with E-state index in [1.54, 1.807) is 13.0 Å². The normalized spacial score (nSPS) is 11.7. The van der Waals surface area contributed by atoms with Crippen molar-refractivity contribution in [2.24, 2.45) is 0 Å². The average Bonchev–Trinajstić information content (AvgIpc) is 2.93. The molecule has 0 unspecified atom stereocenters. The molecule has 0 aliphatic rings. The fraction of sp³-hybridized carbons (Fsp3) is 0.333. The quantitative estimate of drug-likeness (QED) is 0.686. The molecular weight excluding hydrogens is 390 g/mol. The van der Waals surface area contributed by atoms with Crippen LogP contribution in [0.25, 0.3) is 10.1 Å². The highest BCUT2D eigenvalue weighted by Gasteiger charge is 2.33. The molecule has 0 bridgehead atoms. The lowest BCUT2D eigenvalue weighted by Gasteiger charge is -2.16. The third-order valence-corrected chi connectivity index (χ3v) is 6.69. The molecule has 10 heteroatoms. The number of benzene rings is 1. The molecular formula is C15H16ClNO6S2. The first-order valence-corrected chi connectivity index (χ1v) is 9.78. The Kier molecular flexibility index (Phi) is 6.04. The zero-order valence-corrected chi connectivity index (χ0v) is 16.1. The van der Waals surface area contributed by atoms with Crippen LogP contribution >= 0.6 is 22.9 Å². The van der Waals surface area contributed by atoms with Crippen molar-refractivity contribution in [3.63, 3.8) is 0 Å². The van der Waals surface area contributed by atoms with Gasteiger partial charge in [0.1, 0.15) is 16.3 Å². The molecule has 0 spiro atoms. The number of thiophene rings is 1. The molecule has 136 valence electrons. The Morgan fingerprint density at radius 3 is 2.60 bits per heavy atom. The lowest BCUT2D eigenvalue weighted by atomic mass is 10.2. The third kappa shape index (κ3) is 3.95. The zero-order valence-electron chi connectivity index (χ0n) is 13.7. The number of likely N-dealkylation sites (N-methyl/N-ethyl adjacent to an activating group) is 1. The van der Waals surface area contributed by atoms with Gasteiger partial charge in [0.2, 0.25) is 10.0 Å². The van der Waals surface area contributed by atoms with E-state index in [1.165, 1.54) is 26.3 Å². The molecule has 0 saturated carbocycles. The molecule has 0 aliphatic heterocycles. The average molecular weight is 406 g/mol. The third-order valence-electron chi connectivity index (χ3n) is 3.30. The van der Waals surface area contributed by atoms with Crippen molar-refractivity contribution in [3.05, 3.63) is 28.1 Å². The van der Waals surface area contributed by atoms with Gasteiger partial charge >= 0.3 is 11.9 Å². The van der Waals surface area contributed by atoms with Crippen LogP contribution in [0.5, 0.6) is 0 Å². The first-order chi connectivity index (χ1) is 11.7. The topological polar surface area (TPSA) is 90.0 Å². The van der Waals surface area contributed by atoms with Crippen molar-refractivity contribution in [3.8, 4) is 0 Å². The monoisotopic (exact) mass is 405 g/mol. The summed E-state index contributed by atoms with van der Waals surface area (Å²) in [6, 6.07) is 4.62. The van der Waals surface area contributed by atoms with E-state index in [9.17, 15) is 18.0 Å². The fourth-order valence-electron chi connectivity index (χ4n) is 2.16. The molecule has 0 fully saturated rings. The van der Waals surface area contributed by atoms with Crippen LogP contribution in [0.3, 0.4) is 0 Å². The summed E-state index contributed by atoms with van der Waals surface area (Å²) in [6.45, 7) is 1.29. The number of hydrogen-bond donors (Lipinski definition) is 0. The largest absolute Gasteiger partial charge is 0.465 e. The second kappa shape index (κ2) is 7.69. The highest BCUT2D eigenvalue weighted by atomic mass is 35.5. The first-order valence-electron chi connectivity index (χ1n) is 7.14. The summed E-state index contributed by atoms with van der Waals surface area (Å²) >= 11 is 6.91. The predicted molar refractivity (Wildman–Crippen MR) is 94.6 cm³/mol. The number of hydrogen-bond acceptors (Lipinski definition) is 7. The number of esters is 2. The number of nitrogens with zero attached hydrogens (tertiary/aromatic N) is 1. The van der Waals surface area contributed by atoms with Crippen LogP contribution in [0.1, 0.15) is 16.6 Å². The first kappa shape index (κ1) is 19.6. The second-order valence-corrected chi connectivity index (χ2v) is 8.43. The summed E-state index contributed by atoms with van der Waals surface area (Å²) in [5.41, 5.74) is 0. The Bertz CT molecular complexity index is 921. The minimum atomic E-state index is -4.14. The van der Waals surface area contributed by atoms with E-state index in [0.717, 1.165) is 15.6 Å². The van der Waals surface area contributed by atoms with Crippen LogP contribution in [-0.2, 0) is 24.3 Å². The maximum atomic E-state index is 13.0. The van der Waals surface area contributed by atoms with Gasteiger partial charge in [-0.15, -0.1) is 11.3 Å². The summed E-state index contributed by atoms with van der Waals surface area (Å²) in [4.78, 5) is 23.4. The maximum Gasteiger partial charge on any atom is 0.349 e. The predicted octanol–water partition coefficient (Wildman–Crippen LogP) is 2.52. The van der Waals surface area contributed by atoms with Crippen molar-refractivity contribution in [1.29, 1.82) is 0 Å². The molecule has 0 saturated heterocycles. The molecule has 2 aromatic rings. The van der Waals surface area contributed by atoms with Gasteiger partial charge in [0.15, 0.2) is 0 Å². The Hall–Kier alpha value is -1.68. The van der Waals surface area contributed by atoms with Crippen molar-refractivity contribution in [2.75, 3.05) is 27.3 Å². The van der Waals surface area contributed by atoms with E-state index in [4.69, 9.17) is 21.1 Å². The van der Waals surface area contributed by atoms with Crippen molar-refractivity contribution >= 4 is 55.0 Å². The molecule has 25 heavy (non-hydrogen) atoms. The number of ether oxygens (including phenoxy) is 2. The molecule has 0 N–H and O–H groups in total. The number of carbonyl (C=O) groups excluding carboxylic acids is 2. The maximum absolute atomic E-state index is 13.0. The molecule has 0 aliphatic carbocycles. The van der Waals surface area contributed by atoms with Gasteiger partial charge < -0.3 is 9.47 Å². The van der Waals surface area contributed by atoms with Crippen molar-refractivity contribution < 1.29 is 27.5 Å². The van der Waals surface area contributed by atoms with Crippen molar-refractivity contribution in [1.82, 2.24) is 4.31 Å². The second-order valence-electron chi connectivity index (χ2n) is 4.96. The number of sulfonamides is 1. The summed E-state index contributed by atoms with van der Waals surface area (Å²) in [6.07, 6.45) is 0. The van der Waals surface area contributed by atoms with Crippen LogP contribution in [0, 0.1) is 0 Å². The van der Waals surface area contributed by atoms with Gasteiger partial charge in [-0.1, -0.05) is 17.7 Å². The van der Waals surface area contributed by atoms with Crippen LogP contribution in [0.2, 0.25) is 5.02 Å². The van der Waals surface area contributed by atoms with E-state index < -0.39 is 28.5 Å². The van der Waals surface area contributed by atoms with Crippen LogP contribution < -0.4 is 0 Å². The summed E-state index contributed by atoms with van der Waals surface area (Å²) in [5.74, 6) is -1.46. The van der Waals surface area contributed by atoms with Gasteiger partial charge in [0.05, 0.1) is 13.7 Å². The summed E-state index contributed by atoms with van der Waals surface area (Å²) in [5, 5.41) is 0.750. The minimum Gasteiger partial charge on any atom is -0.465 e. The number of rotatable bonds is 6. The molecule has 1 heterocycles. The van der Waals surface area contributed by atoms with Crippen LogP contribution in [-0.4, -0.2) is 52.0 Å². The Labute approximate surface area is 154 Å². The molecule has 2 rings (SSSR count). The van der Waals surface area contributed by atoms with Gasteiger partial charge in [0, 0.05) is 22.2 Å². The minimum absolute atomic E-state index is 0.0736. The fourth-order valence-corrected chi connectivity index (χ4v) is 5.32. The molecule has 1 aromatic carbocycles. The molecule has 0 amide bonds. The Balaban J connectivity index is 2.60. The molecule has 0 atom stereocenters. The van der Waals surface area contributed by atoms with E-state index >= 15 is 0 Å². The highest BCUT2D eigenvalue weighted by Crippen LogP contribution is 2.37. The summed E-state index contributed by atoms with van der Waals surface area (Å²) < 4.78 is 36.8. The lowest BCUT2D eigenvalue weighted by Crippen LogP contribution is -2.33. The van der Waals surface area contributed by atoms with Gasteiger partial charge in [0.25, 0.3) is 0 Å². The van der Waals surface area contributed by atoms with E-state index in [0.29, 0.717) is 15.1 Å². The lowest BCUT2D eigenvalue weighted by molar-refractivity contribution is -0.143. The number of methoxy groups -OCH3 is 1. The van der Waals surface area contributed by atoms with Gasteiger partial charge in [-0.2, -0.15) is 4.31 Å². The molecule has 1 aromatic heterocycles.